The standard InChI is InChI=1S/C19H16N2O2/c1-13-19(22)21(17-8-4-5-9-18(17)23-13)12-15-11-10-14-6-2-3-7-16(14)20-15/h2-11,13H,12H2,1H3. The van der Waals surface area contributed by atoms with Gasteiger partial charge in [-0.25, -0.2) is 0 Å². The lowest BCUT2D eigenvalue weighted by Crippen LogP contribution is -2.44. The number of hydrogen-bond acceptors (Lipinski definition) is 3. The zero-order valence-electron chi connectivity index (χ0n) is 12.8. The van der Waals surface area contributed by atoms with Gasteiger partial charge in [-0.2, -0.15) is 0 Å². The molecule has 1 aliphatic rings. The molecule has 2 aromatic carbocycles. The number of rotatable bonds is 2. The fraction of sp³-hybridized carbons (Fsp3) is 0.158. The predicted molar refractivity (Wildman–Crippen MR) is 89.5 cm³/mol. The van der Waals surface area contributed by atoms with E-state index >= 15 is 0 Å². The maximum absolute atomic E-state index is 12.5. The largest absolute Gasteiger partial charge is 0.479 e. The molecular formula is C19H16N2O2. The minimum absolute atomic E-state index is 0.0429. The van der Waals surface area contributed by atoms with Crippen molar-refractivity contribution in [1.29, 1.82) is 0 Å². The van der Waals surface area contributed by atoms with Crippen molar-refractivity contribution in [1.82, 2.24) is 4.98 Å². The molecule has 1 aliphatic heterocycles. The molecule has 2 heterocycles. The minimum Gasteiger partial charge on any atom is -0.479 e. The number of benzene rings is 2. The van der Waals surface area contributed by atoms with Gasteiger partial charge in [-0.1, -0.05) is 36.4 Å². The number of carbonyl (C=O) groups is 1. The first-order valence-corrected chi connectivity index (χ1v) is 7.64. The second-order valence-electron chi connectivity index (χ2n) is 5.65. The summed E-state index contributed by atoms with van der Waals surface area (Å²) in [7, 11) is 0. The Morgan fingerprint density at radius 3 is 2.74 bits per heavy atom. The molecule has 4 heteroatoms. The third-order valence-electron chi connectivity index (χ3n) is 4.05. The van der Waals surface area contributed by atoms with Gasteiger partial charge in [-0.05, 0) is 31.2 Å². The Morgan fingerprint density at radius 1 is 1.04 bits per heavy atom. The van der Waals surface area contributed by atoms with Crippen molar-refractivity contribution < 1.29 is 9.53 Å². The maximum Gasteiger partial charge on any atom is 0.268 e. The molecule has 1 amide bonds. The van der Waals surface area contributed by atoms with Crippen LogP contribution in [-0.2, 0) is 11.3 Å². The fourth-order valence-electron chi connectivity index (χ4n) is 2.88. The quantitative estimate of drug-likeness (QED) is 0.727. The number of carbonyl (C=O) groups excluding carboxylic acids is 1. The number of fused-ring (bicyclic) bond motifs is 2. The lowest BCUT2D eigenvalue weighted by molar-refractivity contribution is -0.125. The predicted octanol–water partition coefficient (Wildman–Crippen LogP) is 3.55. The first-order valence-electron chi connectivity index (χ1n) is 7.64. The minimum atomic E-state index is -0.481. The Hall–Kier alpha value is -2.88. The molecule has 23 heavy (non-hydrogen) atoms. The molecule has 1 atom stereocenters. The molecule has 0 radical (unpaired) electrons. The van der Waals surface area contributed by atoms with Crippen molar-refractivity contribution in [3.63, 3.8) is 0 Å². The molecule has 4 rings (SSSR count). The topological polar surface area (TPSA) is 42.4 Å². The van der Waals surface area contributed by atoms with Crippen LogP contribution in [-0.4, -0.2) is 17.0 Å². The van der Waals surface area contributed by atoms with Crippen molar-refractivity contribution in [3.05, 3.63) is 66.4 Å². The molecule has 0 saturated heterocycles. The van der Waals surface area contributed by atoms with Crippen LogP contribution >= 0.6 is 0 Å². The number of aromatic nitrogens is 1. The third kappa shape index (κ3) is 2.42. The molecule has 0 saturated carbocycles. The second kappa shape index (κ2) is 5.39. The summed E-state index contributed by atoms with van der Waals surface area (Å²) in [6.07, 6.45) is -0.481. The zero-order valence-corrected chi connectivity index (χ0v) is 12.8. The van der Waals surface area contributed by atoms with E-state index in [4.69, 9.17) is 4.74 Å². The van der Waals surface area contributed by atoms with E-state index in [-0.39, 0.29) is 5.91 Å². The van der Waals surface area contributed by atoms with Crippen LogP contribution in [0.15, 0.2) is 60.7 Å². The Kier molecular flexibility index (Phi) is 3.23. The summed E-state index contributed by atoms with van der Waals surface area (Å²) in [6, 6.07) is 19.6. The van der Waals surface area contributed by atoms with E-state index in [9.17, 15) is 4.79 Å². The number of anilines is 1. The number of para-hydroxylation sites is 3. The van der Waals surface area contributed by atoms with Crippen LogP contribution in [0.4, 0.5) is 5.69 Å². The van der Waals surface area contributed by atoms with Crippen molar-refractivity contribution in [2.45, 2.75) is 19.6 Å². The highest BCUT2D eigenvalue weighted by atomic mass is 16.5. The molecule has 114 valence electrons. The van der Waals surface area contributed by atoms with Gasteiger partial charge in [0, 0.05) is 5.39 Å². The van der Waals surface area contributed by atoms with E-state index in [1.54, 1.807) is 11.8 Å². The van der Waals surface area contributed by atoms with Crippen LogP contribution in [0.3, 0.4) is 0 Å². The highest BCUT2D eigenvalue weighted by molar-refractivity contribution is 5.99. The van der Waals surface area contributed by atoms with E-state index in [1.807, 2.05) is 60.7 Å². The van der Waals surface area contributed by atoms with Crippen LogP contribution in [0.2, 0.25) is 0 Å². The Morgan fingerprint density at radius 2 is 1.83 bits per heavy atom. The van der Waals surface area contributed by atoms with Crippen LogP contribution in [0.25, 0.3) is 10.9 Å². The Bertz CT molecular complexity index is 891. The first-order chi connectivity index (χ1) is 11.2. The van der Waals surface area contributed by atoms with Gasteiger partial charge in [-0.3, -0.25) is 14.7 Å². The van der Waals surface area contributed by atoms with Gasteiger partial charge in [0.15, 0.2) is 6.10 Å². The number of amides is 1. The Labute approximate surface area is 134 Å². The van der Waals surface area contributed by atoms with Crippen LogP contribution < -0.4 is 9.64 Å². The van der Waals surface area contributed by atoms with E-state index in [0.717, 1.165) is 28.0 Å². The van der Waals surface area contributed by atoms with Gasteiger partial charge in [0.2, 0.25) is 0 Å². The molecule has 1 unspecified atom stereocenters. The normalized spacial score (nSPS) is 17.0. The lowest BCUT2D eigenvalue weighted by atomic mass is 10.1. The van der Waals surface area contributed by atoms with Gasteiger partial charge in [-0.15, -0.1) is 0 Å². The average molecular weight is 304 g/mol. The number of pyridine rings is 1. The van der Waals surface area contributed by atoms with Crippen molar-refractivity contribution in [2.75, 3.05) is 4.90 Å². The summed E-state index contributed by atoms with van der Waals surface area (Å²) < 4.78 is 5.67. The summed E-state index contributed by atoms with van der Waals surface area (Å²) in [5.74, 6) is 0.694. The maximum atomic E-state index is 12.5. The first kappa shape index (κ1) is 13.8. The van der Waals surface area contributed by atoms with E-state index in [0.29, 0.717) is 6.54 Å². The summed E-state index contributed by atoms with van der Waals surface area (Å²) in [4.78, 5) is 18.9. The highest BCUT2D eigenvalue weighted by Gasteiger charge is 2.31. The molecule has 4 nitrogen and oxygen atoms in total. The number of hydrogen-bond donors (Lipinski definition) is 0. The SMILES string of the molecule is CC1Oc2ccccc2N(Cc2ccc3ccccc3n2)C1=O. The van der Waals surface area contributed by atoms with Crippen molar-refractivity contribution in [3.8, 4) is 5.75 Å². The molecule has 3 aromatic rings. The lowest BCUT2D eigenvalue weighted by Gasteiger charge is -2.32. The smallest absolute Gasteiger partial charge is 0.268 e. The van der Waals surface area contributed by atoms with Crippen LogP contribution in [0.5, 0.6) is 5.75 Å². The fourth-order valence-corrected chi connectivity index (χ4v) is 2.88. The van der Waals surface area contributed by atoms with E-state index in [1.165, 1.54) is 0 Å². The van der Waals surface area contributed by atoms with Gasteiger partial charge < -0.3 is 4.74 Å². The van der Waals surface area contributed by atoms with E-state index in [2.05, 4.69) is 4.98 Å². The molecule has 0 N–H and O–H groups in total. The Balaban J connectivity index is 1.72. The molecular weight excluding hydrogens is 288 g/mol. The average Bonchev–Trinajstić information content (AvgIpc) is 2.59. The highest BCUT2D eigenvalue weighted by Crippen LogP contribution is 2.34. The van der Waals surface area contributed by atoms with Crippen molar-refractivity contribution in [2.24, 2.45) is 0 Å². The summed E-state index contributed by atoms with van der Waals surface area (Å²) in [5, 5.41) is 1.10. The van der Waals surface area contributed by atoms with E-state index < -0.39 is 6.10 Å². The molecule has 0 aliphatic carbocycles. The molecule has 0 spiro atoms. The summed E-state index contributed by atoms with van der Waals surface area (Å²) in [5.41, 5.74) is 2.60. The molecule has 1 aromatic heterocycles. The van der Waals surface area contributed by atoms with Gasteiger partial charge in [0.05, 0.1) is 23.4 Å². The van der Waals surface area contributed by atoms with Crippen LogP contribution in [0, 0.1) is 0 Å². The summed E-state index contributed by atoms with van der Waals surface area (Å²) in [6.45, 7) is 2.22. The monoisotopic (exact) mass is 304 g/mol. The molecule has 0 fully saturated rings. The number of nitrogens with zero attached hydrogens (tertiary/aromatic N) is 2. The molecule has 0 bridgehead atoms. The third-order valence-corrected chi connectivity index (χ3v) is 4.05. The van der Waals surface area contributed by atoms with Gasteiger partial charge >= 0.3 is 0 Å². The summed E-state index contributed by atoms with van der Waals surface area (Å²) >= 11 is 0. The van der Waals surface area contributed by atoms with Crippen LogP contribution in [0.1, 0.15) is 12.6 Å². The number of ether oxygens (including phenoxy) is 1. The van der Waals surface area contributed by atoms with Gasteiger partial charge in [0.25, 0.3) is 5.91 Å². The second-order valence-corrected chi connectivity index (χ2v) is 5.65. The van der Waals surface area contributed by atoms with Crippen molar-refractivity contribution >= 4 is 22.5 Å². The zero-order chi connectivity index (χ0) is 15.8. The van der Waals surface area contributed by atoms with Gasteiger partial charge in [0.1, 0.15) is 5.75 Å².